The lowest BCUT2D eigenvalue weighted by atomic mass is 10.2. The molecule has 1 amide bonds. The first-order chi connectivity index (χ1) is 6.09. The number of amides is 1. The van der Waals surface area contributed by atoms with Gasteiger partial charge in [0.05, 0.1) is 11.7 Å². The Balaban J connectivity index is 2.76. The van der Waals surface area contributed by atoms with Gasteiger partial charge in [-0.1, -0.05) is 0 Å². The maximum atomic E-state index is 10.3. The first-order valence-corrected chi connectivity index (χ1v) is 3.80. The van der Waals surface area contributed by atoms with Crippen LogP contribution in [-0.2, 0) is 0 Å². The van der Waals surface area contributed by atoms with Gasteiger partial charge in [-0.3, -0.25) is 4.98 Å². The number of carbonyl (C=O) groups is 1. The Morgan fingerprint density at radius 2 is 2.46 bits per heavy atom. The fourth-order valence-corrected chi connectivity index (χ4v) is 0.961. The van der Waals surface area contributed by atoms with Gasteiger partial charge in [0.15, 0.2) is 0 Å². The zero-order chi connectivity index (χ0) is 9.84. The molecule has 1 unspecified atom stereocenters. The maximum absolute atomic E-state index is 10.3. The van der Waals surface area contributed by atoms with Crippen LogP contribution in [-0.4, -0.2) is 16.2 Å². The lowest BCUT2D eigenvalue weighted by Gasteiger charge is -2.10. The van der Waals surface area contributed by atoms with Gasteiger partial charge in [0.1, 0.15) is 0 Å². The van der Waals surface area contributed by atoms with Crippen LogP contribution in [0.3, 0.4) is 0 Å². The van der Waals surface area contributed by atoms with Crippen molar-refractivity contribution < 1.29 is 9.90 Å². The summed E-state index contributed by atoms with van der Waals surface area (Å²) >= 11 is 0. The summed E-state index contributed by atoms with van der Waals surface area (Å²) < 4.78 is 0. The first-order valence-electron chi connectivity index (χ1n) is 3.80. The highest BCUT2D eigenvalue weighted by Crippen LogP contribution is 2.11. The molecule has 0 saturated carbocycles. The second-order valence-corrected chi connectivity index (χ2v) is 2.69. The molecule has 5 heteroatoms. The lowest BCUT2D eigenvalue weighted by Crippen LogP contribution is -2.25. The Hall–Kier alpha value is -1.78. The molecule has 0 aliphatic heterocycles. The van der Waals surface area contributed by atoms with E-state index in [1.807, 2.05) is 0 Å². The predicted octanol–water partition coefficient (Wildman–Crippen LogP) is 0.992. The van der Waals surface area contributed by atoms with Crippen LogP contribution in [0.5, 0.6) is 0 Å². The minimum Gasteiger partial charge on any atom is -0.465 e. The lowest BCUT2D eigenvalue weighted by molar-refractivity contribution is 0.190. The summed E-state index contributed by atoms with van der Waals surface area (Å²) in [5, 5.41) is 10.7. The van der Waals surface area contributed by atoms with E-state index in [1.54, 1.807) is 25.3 Å². The van der Waals surface area contributed by atoms with E-state index in [-0.39, 0.29) is 6.04 Å². The van der Waals surface area contributed by atoms with Gasteiger partial charge in [-0.25, -0.2) is 4.79 Å². The largest absolute Gasteiger partial charge is 0.465 e. The number of nitrogens with two attached hydrogens (primary N) is 1. The molecule has 0 saturated heterocycles. The molecule has 1 heterocycles. The van der Waals surface area contributed by atoms with Crippen molar-refractivity contribution in [1.29, 1.82) is 0 Å². The van der Waals surface area contributed by atoms with Crippen LogP contribution in [0.2, 0.25) is 0 Å². The van der Waals surface area contributed by atoms with Crippen LogP contribution >= 0.6 is 0 Å². The van der Waals surface area contributed by atoms with Gasteiger partial charge in [0, 0.05) is 11.9 Å². The third-order valence-corrected chi connectivity index (χ3v) is 1.59. The normalized spacial score (nSPS) is 12.1. The van der Waals surface area contributed by atoms with Crippen molar-refractivity contribution in [2.45, 2.75) is 13.0 Å². The summed E-state index contributed by atoms with van der Waals surface area (Å²) in [5.41, 5.74) is 6.70. The molecule has 13 heavy (non-hydrogen) atoms. The Morgan fingerprint density at radius 3 is 3.00 bits per heavy atom. The maximum Gasteiger partial charge on any atom is 0.405 e. The second-order valence-electron chi connectivity index (χ2n) is 2.69. The third kappa shape index (κ3) is 2.62. The smallest absolute Gasteiger partial charge is 0.405 e. The number of rotatable bonds is 2. The average molecular weight is 181 g/mol. The molecule has 1 rings (SSSR count). The molecular formula is C8H11N3O2. The molecule has 0 aliphatic carbocycles. The SMILES string of the molecule is CC(NC(=O)O)c1cc(N)ccn1. The van der Waals surface area contributed by atoms with E-state index < -0.39 is 6.09 Å². The van der Waals surface area contributed by atoms with Crippen LogP contribution in [0.1, 0.15) is 18.7 Å². The molecule has 0 aliphatic rings. The number of carboxylic acid groups (broad SMARTS) is 1. The van der Waals surface area contributed by atoms with E-state index >= 15 is 0 Å². The van der Waals surface area contributed by atoms with Crippen LogP contribution in [0.25, 0.3) is 0 Å². The Kier molecular flexibility index (Phi) is 2.69. The standard InChI is InChI=1S/C8H11N3O2/c1-5(11-8(12)13)7-4-6(9)2-3-10-7/h2-5,11H,1H3,(H2,9,10)(H,12,13). The first kappa shape index (κ1) is 9.31. The zero-order valence-electron chi connectivity index (χ0n) is 7.19. The van der Waals surface area contributed by atoms with E-state index in [2.05, 4.69) is 10.3 Å². The minimum atomic E-state index is -1.07. The van der Waals surface area contributed by atoms with Gasteiger partial charge in [-0.05, 0) is 19.1 Å². The molecule has 1 atom stereocenters. The molecule has 0 spiro atoms. The van der Waals surface area contributed by atoms with Gasteiger partial charge in [0.25, 0.3) is 0 Å². The van der Waals surface area contributed by atoms with Crippen LogP contribution in [0.4, 0.5) is 10.5 Å². The highest BCUT2D eigenvalue weighted by molar-refractivity contribution is 5.65. The van der Waals surface area contributed by atoms with Crippen molar-refractivity contribution in [3.8, 4) is 0 Å². The van der Waals surface area contributed by atoms with Gasteiger partial charge >= 0.3 is 6.09 Å². The molecule has 1 aromatic heterocycles. The third-order valence-electron chi connectivity index (χ3n) is 1.59. The van der Waals surface area contributed by atoms with Crippen LogP contribution in [0.15, 0.2) is 18.3 Å². The minimum absolute atomic E-state index is 0.346. The molecule has 0 fully saturated rings. The Morgan fingerprint density at radius 1 is 1.77 bits per heavy atom. The highest BCUT2D eigenvalue weighted by atomic mass is 16.4. The van der Waals surface area contributed by atoms with Crippen LogP contribution in [0, 0.1) is 0 Å². The van der Waals surface area contributed by atoms with E-state index in [0.29, 0.717) is 11.4 Å². The van der Waals surface area contributed by atoms with Crippen molar-refractivity contribution in [3.63, 3.8) is 0 Å². The highest BCUT2D eigenvalue weighted by Gasteiger charge is 2.08. The van der Waals surface area contributed by atoms with E-state index in [0.717, 1.165) is 0 Å². The number of pyridine rings is 1. The Bertz CT molecular complexity index is 314. The van der Waals surface area contributed by atoms with Gasteiger partial charge in [0.2, 0.25) is 0 Å². The number of nitrogens with zero attached hydrogens (tertiary/aromatic N) is 1. The second kappa shape index (κ2) is 3.75. The summed E-state index contributed by atoms with van der Waals surface area (Å²) in [4.78, 5) is 14.3. The quantitative estimate of drug-likeness (QED) is 0.634. The molecule has 4 N–H and O–H groups in total. The fourth-order valence-electron chi connectivity index (χ4n) is 0.961. The summed E-state index contributed by atoms with van der Waals surface area (Å²) in [6, 6.07) is 2.94. The number of hydrogen-bond acceptors (Lipinski definition) is 3. The van der Waals surface area contributed by atoms with Crippen molar-refractivity contribution in [2.75, 3.05) is 5.73 Å². The summed E-state index contributed by atoms with van der Waals surface area (Å²) in [7, 11) is 0. The molecule has 70 valence electrons. The molecular weight excluding hydrogens is 170 g/mol. The van der Waals surface area contributed by atoms with Crippen molar-refractivity contribution >= 4 is 11.8 Å². The predicted molar refractivity (Wildman–Crippen MR) is 48.2 cm³/mol. The van der Waals surface area contributed by atoms with Gasteiger partial charge in [-0.15, -0.1) is 0 Å². The van der Waals surface area contributed by atoms with Crippen molar-refractivity contribution in [2.24, 2.45) is 0 Å². The van der Waals surface area contributed by atoms with Gasteiger partial charge < -0.3 is 16.2 Å². The van der Waals surface area contributed by atoms with Crippen molar-refractivity contribution in [3.05, 3.63) is 24.0 Å². The number of anilines is 1. The molecule has 5 nitrogen and oxygen atoms in total. The summed E-state index contributed by atoms with van der Waals surface area (Å²) in [6.07, 6.45) is 0.474. The molecule has 1 aromatic rings. The van der Waals surface area contributed by atoms with Crippen LogP contribution < -0.4 is 11.1 Å². The zero-order valence-corrected chi connectivity index (χ0v) is 7.19. The van der Waals surface area contributed by atoms with E-state index in [1.165, 1.54) is 0 Å². The monoisotopic (exact) mass is 181 g/mol. The Labute approximate surface area is 75.6 Å². The summed E-state index contributed by atoms with van der Waals surface area (Å²) in [6.45, 7) is 1.70. The number of nitrogen functional groups attached to an aromatic ring is 1. The fraction of sp³-hybridized carbons (Fsp3) is 0.250. The van der Waals surface area contributed by atoms with Gasteiger partial charge in [-0.2, -0.15) is 0 Å². The van der Waals surface area contributed by atoms with E-state index in [9.17, 15) is 4.79 Å². The number of aromatic nitrogens is 1. The molecule has 0 aromatic carbocycles. The molecule has 0 bridgehead atoms. The number of hydrogen-bond donors (Lipinski definition) is 3. The number of nitrogens with one attached hydrogen (secondary N) is 1. The molecule has 0 radical (unpaired) electrons. The average Bonchev–Trinajstić information content (AvgIpc) is 2.03. The van der Waals surface area contributed by atoms with E-state index in [4.69, 9.17) is 10.8 Å². The van der Waals surface area contributed by atoms with Crippen molar-refractivity contribution in [1.82, 2.24) is 10.3 Å². The summed E-state index contributed by atoms with van der Waals surface area (Å²) in [5.74, 6) is 0. The topological polar surface area (TPSA) is 88.2 Å².